The van der Waals surface area contributed by atoms with Gasteiger partial charge >= 0.3 is 0 Å². The van der Waals surface area contributed by atoms with Gasteiger partial charge in [-0.15, -0.1) is 11.8 Å². The number of unbranched alkanes of at least 4 members (excludes halogenated alkanes) is 10. The Labute approximate surface area is 126 Å². The highest BCUT2D eigenvalue weighted by Gasteiger charge is 1.93. The number of ether oxygens (including phenoxy) is 2. The normalized spacial score (nSPS) is 10.3. The Morgan fingerprint density at radius 3 is 1.85 bits per heavy atom. The summed E-state index contributed by atoms with van der Waals surface area (Å²) in [4.78, 5) is 0. The number of hydrogen-bond acceptors (Lipinski definition) is 2. The van der Waals surface area contributed by atoms with E-state index in [1.807, 2.05) is 0 Å². The second-order valence-electron chi connectivity index (χ2n) is 5.35. The highest BCUT2D eigenvalue weighted by Crippen LogP contribution is 2.10. The van der Waals surface area contributed by atoms with E-state index in [-0.39, 0.29) is 0 Å². The summed E-state index contributed by atoms with van der Waals surface area (Å²) in [6.07, 6.45) is 15.3. The molecule has 118 valence electrons. The first-order valence-electron chi connectivity index (χ1n) is 8.44. The van der Waals surface area contributed by atoms with Crippen LogP contribution in [0.4, 0.5) is 0 Å². The molecule has 0 aromatic rings. The monoisotopic (exact) mass is 282 g/mol. The lowest BCUT2D eigenvalue weighted by Crippen LogP contribution is -1.98. The fourth-order valence-corrected chi connectivity index (χ4v) is 2.10. The van der Waals surface area contributed by atoms with Gasteiger partial charge in [0.2, 0.25) is 0 Å². The van der Waals surface area contributed by atoms with E-state index in [1.165, 1.54) is 64.2 Å². The van der Waals surface area contributed by atoms with Gasteiger partial charge in [-0.1, -0.05) is 51.9 Å². The highest BCUT2D eigenvalue weighted by atomic mass is 16.7. The Hall–Kier alpha value is -0.520. The highest BCUT2D eigenvalue weighted by molar-refractivity contribution is 4.98. The van der Waals surface area contributed by atoms with Crippen LogP contribution in [0.5, 0.6) is 0 Å². The smallest absolute Gasteiger partial charge is 0.146 e. The summed E-state index contributed by atoms with van der Waals surface area (Å²) in [5.41, 5.74) is 0. The van der Waals surface area contributed by atoms with Gasteiger partial charge in [0.1, 0.15) is 6.79 Å². The van der Waals surface area contributed by atoms with Crippen LogP contribution in [0.15, 0.2) is 0 Å². The van der Waals surface area contributed by atoms with E-state index >= 15 is 0 Å². The molecular formula is C18H34O2. The van der Waals surface area contributed by atoms with E-state index in [1.54, 1.807) is 7.11 Å². The van der Waals surface area contributed by atoms with Gasteiger partial charge in [-0.2, -0.15) is 0 Å². The van der Waals surface area contributed by atoms with E-state index in [9.17, 15) is 0 Å². The molecule has 2 nitrogen and oxygen atoms in total. The predicted molar refractivity (Wildman–Crippen MR) is 86.7 cm³/mol. The second-order valence-corrected chi connectivity index (χ2v) is 5.35. The van der Waals surface area contributed by atoms with Gasteiger partial charge in [-0.05, 0) is 19.3 Å². The molecule has 0 heterocycles. The largest absolute Gasteiger partial charge is 0.359 e. The van der Waals surface area contributed by atoms with Gasteiger partial charge in [0.15, 0.2) is 0 Å². The van der Waals surface area contributed by atoms with Crippen molar-refractivity contribution >= 4 is 0 Å². The van der Waals surface area contributed by atoms with Gasteiger partial charge in [-0.3, -0.25) is 0 Å². The third-order valence-electron chi connectivity index (χ3n) is 3.29. The van der Waals surface area contributed by atoms with Crippen molar-refractivity contribution in [3.8, 4) is 11.8 Å². The van der Waals surface area contributed by atoms with Crippen LogP contribution in [0.3, 0.4) is 0 Å². The molecule has 0 aliphatic heterocycles. The fraction of sp³-hybridized carbons (Fsp3) is 0.889. The molecule has 0 spiro atoms. The zero-order valence-corrected chi connectivity index (χ0v) is 13.7. The van der Waals surface area contributed by atoms with Crippen LogP contribution in [0.25, 0.3) is 0 Å². The fourth-order valence-electron chi connectivity index (χ4n) is 2.10. The molecule has 0 fully saturated rings. The van der Waals surface area contributed by atoms with Crippen LogP contribution >= 0.6 is 0 Å². The first-order valence-corrected chi connectivity index (χ1v) is 8.44. The summed E-state index contributed by atoms with van der Waals surface area (Å²) in [6, 6.07) is 0. The molecular weight excluding hydrogens is 248 g/mol. The van der Waals surface area contributed by atoms with E-state index in [4.69, 9.17) is 9.47 Å². The van der Waals surface area contributed by atoms with Crippen LogP contribution in [-0.4, -0.2) is 20.5 Å². The Bertz CT molecular complexity index is 227. The van der Waals surface area contributed by atoms with Gasteiger partial charge in [0.25, 0.3) is 0 Å². The van der Waals surface area contributed by atoms with E-state index in [2.05, 4.69) is 18.8 Å². The Kier molecular flexibility index (Phi) is 18.0. The zero-order valence-electron chi connectivity index (χ0n) is 13.7. The molecule has 0 aliphatic carbocycles. The molecule has 0 aliphatic rings. The van der Waals surface area contributed by atoms with Crippen molar-refractivity contribution < 1.29 is 9.47 Å². The summed E-state index contributed by atoms with van der Waals surface area (Å²) < 4.78 is 10.1. The number of hydrogen-bond donors (Lipinski definition) is 0. The molecule has 0 rings (SSSR count). The molecule has 0 saturated heterocycles. The lowest BCUT2D eigenvalue weighted by Gasteiger charge is -2.03. The lowest BCUT2D eigenvalue weighted by atomic mass is 10.1. The van der Waals surface area contributed by atoms with Crippen LogP contribution in [0.2, 0.25) is 0 Å². The average molecular weight is 282 g/mol. The molecule has 0 aromatic carbocycles. The van der Waals surface area contributed by atoms with Crippen molar-refractivity contribution in [3.63, 3.8) is 0 Å². The first-order chi connectivity index (χ1) is 9.91. The van der Waals surface area contributed by atoms with Gasteiger partial charge in [0, 0.05) is 26.6 Å². The van der Waals surface area contributed by atoms with Crippen LogP contribution in [0, 0.1) is 11.8 Å². The SMILES string of the molecule is CCCC#CCCCCCCCCCCCOCOC. The molecule has 20 heavy (non-hydrogen) atoms. The molecule has 2 heteroatoms. The molecule has 0 unspecified atom stereocenters. The van der Waals surface area contributed by atoms with Crippen molar-refractivity contribution in [2.75, 3.05) is 20.5 Å². The van der Waals surface area contributed by atoms with Crippen molar-refractivity contribution in [1.82, 2.24) is 0 Å². The van der Waals surface area contributed by atoms with Crippen LogP contribution < -0.4 is 0 Å². The van der Waals surface area contributed by atoms with Gasteiger partial charge in [0.05, 0.1) is 0 Å². The minimum atomic E-state index is 0.433. The van der Waals surface area contributed by atoms with Gasteiger partial charge < -0.3 is 9.47 Å². The zero-order chi connectivity index (χ0) is 14.7. The second kappa shape index (κ2) is 18.5. The molecule has 0 amide bonds. The van der Waals surface area contributed by atoms with Crippen molar-refractivity contribution in [2.24, 2.45) is 0 Å². The maximum atomic E-state index is 5.26. The Balaban J connectivity index is 2.98. The number of methoxy groups -OCH3 is 1. The van der Waals surface area contributed by atoms with Crippen LogP contribution in [0.1, 0.15) is 84.0 Å². The molecule has 0 radical (unpaired) electrons. The summed E-state index contributed by atoms with van der Waals surface area (Å²) in [7, 11) is 1.66. The summed E-state index contributed by atoms with van der Waals surface area (Å²) in [6.45, 7) is 3.46. The molecule has 0 aromatic heterocycles. The molecule has 0 saturated carbocycles. The summed E-state index contributed by atoms with van der Waals surface area (Å²) in [5.74, 6) is 6.47. The maximum absolute atomic E-state index is 5.26. The number of rotatable bonds is 14. The molecule has 0 atom stereocenters. The van der Waals surface area contributed by atoms with E-state index in [0.29, 0.717) is 6.79 Å². The van der Waals surface area contributed by atoms with Crippen LogP contribution in [-0.2, 0) is 9.47 Å². The Morgan fingerprint density at radius 2 is 1.25 bits per heavy atom. The first kappa shape index (κ1) is 19.5. The van der Waals surface area contributed by atoms with Gasteiger partial charge in [-0.25, -0.2) is 0 Å². The minimum Gasteiger partial charge on any atom is -0.359 e. The van der Waals surface area contributed by atoms with Crippen molar-refractivity contribution in [2.45, 2.75) is 84.0 Å². The Morgan fingerprint density at radius 1 is 0.700 bits per heavy atom. The lowest BCUT2D eigenvalue weighted by molar-refractivity contribution is -0.0315. The third-order valence-corrected chi connectivity index (χ3v) is 3.29. The molecule has 0 bridgehead atoms. The summed E-state index contributed by atoms with van der Waals surface area (Å²) >= 11 is 0. The third kappa shape index (κ3) is 17.5. The van der Waals surface area contributed by atoms with E-state index in [0.717, 1.165) is 19.4 Å². The van der Waals surface area contributed by atoms with Crippen molar-refractivity contribution in [3.05, 3.63) is 0 Å². The standard InChI is InChI=1S/C18H34O2/c1-3-4-5-6-7-8-9-10-11-12-13-14-15-16-17-20-18-19-2/h3-4,7-18H2,1-2H3. The summed E-state index contributed by atoms with van der Waals surface area (Å²) in [5, 5.41) is 0. The quantitative estimate of drug-likeness (QED) is 0.244. The predicted octanol–water partition coefficient (Wildman–Crippen LogP) is 5.31. The topological polar surface area (TPSA) is 18.5 Å². The molecule has 0 N–H and O–H groups in total. The minimum absolute atomic E-state index is 0.433. The van der Waals surface area contributed by atoms with E-state index < -0.39 is 0 Å². The average Bonchev–Trinajstić information content (AvgIpc) is 2.47. The maximum Gasteiger partial charge on any atom is 0.146 e. The van der Waals surface area contributed by atoms with Crippen molar-refractivity contribution in [1.29, 1.82) is 0 Å².